The van der Waals surface area contributed by atoms with E-state index in [9.17, 15) is 0 Å². The molecule has 120 valence electrons. The quantitative estimate of drug-likeness (QED) is 0.412. The molecule has 0 heterocycles. The van der Waals surface area contributed by atoms with Gasteiger partial charge in [-0.1, -0.05) is 13.3 Å². The summed E-state index contributed by atoms with van der Waals surface area (Å²) >= 11 is 0. The molecular weight excluding hydrogens is 363 g/mol. The van der Waals surface area contributed by atoms with Gasteiger partial charge < -0.3 is 15.5 Å². The summed E-state index contributed by atoms with van der Waals surface area (Å²) in [4.78, 5) is 6.55. The van der Waals surface area contributed by atoms with Crippen LogP contribution in [-0.2, 0) is 0 Å². The number of rotatable bonds is 6. The van der Waals surface area contributed by atoms with Crippen molar-refractivity contribution in [1.29, 1.82) is 0 Å². The Morgan fingerprint density at radius 3 is 2.20 bits per heavy atom. The van der Waals surface area contributed by atoms with Gasteiger partial charge in [0.15, 0.2) is 5.96 Å². The van der Waals surface area contributed by atoms with E-state index in [1.54, 1.807) is 0 Å². The molecule has 0 aromatic rings. The summed E-state index contributed by atoms with van der Waals surface area (Å²) in [7, 11) is 6.06. The fraction of sp³-hybridized carbons (Fsp3) is 0.933. The van der Waals surface area contributed by atoms with Crippen LogP contribution in [0.1, 0.15) is 46.5 Å². The second kappa shape index (κ2) is 8.41. The minimum atomic E-state index is 0. The van der Waals surface area contributed by atoms with Crippen LogP contribution < -0.4 is 10.6 Å². The third-order valence-electron chi connectivity index (χ3n) is 4.92. The van der Waals surface area contributed by atoms with Gasteiger partial charge in [0.05, 0.1) is 0 Å². The number of hydrogen-bond donors (Lipinski definition) is 2. The number of halogens is 1. The number of hydrogen-bond acceptors (Lipinski definition) is 2. The lowest BCUT2D eigenvalue weighted by atomic mass is 9.67. The van der Waals surface area contributed by atoms with Crippen LogP contribution >= 0.6 is 24.0 Å². The van der Waals surface area contributed by atoms with E-state index >= 15 is 0 Å². The summed E-state index contributed by atoms with van der Waals surface area (Å²) < 4.78 is 0. The summed E-state index contributed by atoms with van der Waals surface area (Å²) in [6, 6.07) is 0. The smallest absolute Gasteiger partial charge is 0.191 e. The summed E-state index contributed by atoms with van der Waals surface area (Å²) in [5, 5.41) is 6.93. The van der Waals surface area contributed by atoms with Crippen molar-refractivity contribution in [1.82, 2.24) is 15.5 Å². The Labute approximate surface area is 142 Å². The molecule has 4 nitrogen and oxygen atoms in total. The molecule has 5 heteroatoms. The van der Waals surface area contributed by atoms with Crippen LogP contribution in [0.3, 0.4) is 0 Å². The average molecular weight is 396 g/mol. The van der Waals surface area contributed by atoms with Crippen molar-refractivity contribution in [2.75, 3.05) is 34.2 Å². The van der Waals surface area contributed by atoms with Gasteiger partial charge in [0.25, 0.3) is 0 Å². The van der Waals surface area contributed by atoms with E-state index < -0.39 is 0 Å². The normalized spacial score (nSPS) is 18.2. The first-order chi connectivity index (χ1) is 8.85. The van der Waals surface area contributed by atoms with E-state index in [4.69, 9.17) is 0 Å². The minimum Gasteiger partial charge on any atom is -0.356 e. The summed E-state index contributed by atoms with van der Waals surface area (Å²) in [5.41, 5.74) is 0.644. The molecule has 20 heavy (non-hydrogen) atoms. The highest BCUT2D eigenvalue weighted by Crippen LogP contribution is 2.42. The fourth-order valence-corrected chi connectivity index (χ4v) is 2.28. The molecule has 0 aromatic heterocycles. The molecule has 1 aliphatic rings. The second-order valence-corrected chi connectivity index (χ2v) is 6.69. The van der Waals surface area contributed by atoms with Crippen LogP contribution in [0.5, 0.6) is 0 Å². The highest BCUT2D eigenvalue weighted by Gasteiger charge is 2.35. The van der Waals surface area contributed by atoms with Gasteiger partial charge in [-0.15, -0.1) is 24.0 Å². The SMILES string of the molecule is CCC1(CNC(=NC)NCC(C)(C)N(C)C)CCC1.I. The predicted octanol–water partition coefficient (Wildman–Crippen LogP) is 2.69. The molecule has 0 atom stereocenters. The molecule has 0 bridgehead atoms. The van der Waals surface area contributed by atoms with Gasteiger partial charge in [-0.2, -0.15) is 0 Å². The molecule has 0 unspecified atom stereocenters. The molecule has 2 N–H and O–H groups in total. The van der Waals surface area contributed by atoms with Gasteiger partial charge in [0.2, 0.25) is 0 Å². The van der Waals surface area contributed by atoms with Crippen LogP contribution in [0, 0.1) is 5.41 Å². The molecular formula is C15H33IN4. The van der Waals surface area contributed by atoms with E-state index in [1.165, 1.54) is 25.7 Å². The zero-order chi connectivity index (χ0) is 14.5. The Bertz CT molecular complexity index is 295. The fourth-order valence-electron chi connectivity index (χ4n) is 2.28. The van der Waals surface area contributed by atoms with Crippen LogP contribution in [0.25, 0.3) is 0 Å². The van der Waals surface area contributed by atoms with Crippen molar-refractivity contribution in [2.45, 2.75) is 52.0 Å². The Balaban J connectivity index is 0.00000361. The first-order valence-corrected chi connectivity index (χ1v) is 7.47. The zero-order valence-electron chi connectivity index (χ0n) is 14.0. The molecule has 0 saturated heterocycles. The maximum atomic E-state index is 4.32. The van der Waals surface area contributed by atoms with Gasteiger partial charge in [0, 0.05) is 25.7 Å². The molecule has 1 rings (SSSR count). The lowest BCUT2D eigenvalue weighted by Gasteiger charge is -2.42. The van der Waals surface area contributed by atoms with E-state index in [0.29, 0.717) is 5.41 Å². The van der Waals surface area contributed by atoms with Crippen molar-refractivity contribution >= 4 is 29.9 Å². The number of aliphatic imine (C=N–C) groups is 1. The van der Waals surface area contributed by atoms with Crippen molar-refractivity contribution in [3.05, 3.63) is 0 Å². The molecule has 1 saturated carbocycles. The van der Waals surface area contributed by atoms with E-state index in [-0.39, 0.29) is 29.5 Å². The number of nitrogens with zero attached hydrogens (tertiary/aromatic N) is 2. The van der Waals surface area contributed by atoms with Crippen LogP contribution in [-0.4, -0.2) is 50.6 Å². The Morgan fingerprint density at radius 1 is 1.25 bits per heavy atom. The Hall–Kier alpha value is -0.0400. The van der Waals surface area contributed by atoms with Crippen LogP contribution in [0.2, 0.25) is 0 Å². The Kier molecular flexibility index (Phi) is 8.40. The van der Waals surface area contributed by atoms with E-state index in [1.807, 2.05) is 7.05 Å². The second-order valence-electron chi connectivity index (χ2n) is 6.69. The maximum absolute atomic E-state index is 4.32. The van der Waals surface area contributed by atoms with Crippen LogP contribution in [0.4, 0.5) is 0 Å². The summed E-state index contributed by atoms with van der Waals surface area (Å²) in [6.45, 7) is 8.69. The lowest BCUT2D eigenvalue weighted by molar-refractivity contribution is 0.131. The number of guanidine groups is 1. The molecule has 0 amide bonds. The molecule has 1 fully saturated rings. The topological polar surface area (TPSA) is 39.7 Å². The highest BCUT2D eigenvalue weighted by atomic mass is 127. The molecule has 1 aliphatic carbocycles. The van der Waals surface area contributed by atoms with Crippen molar-refractivity contribution in [3.63, 3.8) is 0 Å². The van der Waals surface area contributed by atoms with Gasteiger partial charge in [-0.25, -0.2) is 0 Å². The van der Waals surface area contributed by atoms with Gasteiger partial charge >= 0.3 is 0 Å². The maximum Gasteiger partial charge on any atom is 0.191 e. The van der Waals surface area contributed by atoms with E-state index in [2.05, 4.69) is 55.4 Å². The van der Waals surface area contributed by atoms with Crippen molar-refractivity contribution in [2.24, 2.45) is 10.4 Å². The predicted molar refractivity (Wildman–Crippen MR) is 99.1 cm³/mol. The monoisotopic (exact) mass is 396 g/mol. The van der Waals surface area contributed by atoms with Gasteiger partial charge in [-0.3, -0.25) is 4.99 Å². The van der Waals surface area contributed by atoms with Gasteiger partial charge in [-0.05, 0) is 52.6 Å². The number of nitrogens with one attached hydrogen (secondary N) is 2. The first kappa shape index (κ1) is 20.0. The first-order valence-electron chi connectivity index (χ1n) is 7.47. The summed E-state index contributed by atoms with van der Waals surface area (Å²) in [6.07, 6.45) is 5.36. The highest BCUT2D eigenvalue weighted by molar-refractivity contribution is 14.0. The molecule has 0 aromatic carbocycles. The van der Waals surface area contributed by atoms with E-state index in [0.717, 1.165) is 19.0 Å². The third-order valence-corrected chi connectivity index (χ3v) is 4.92. The Morgan fingerprint density at radius 2 is 1.85 bits per heavy atom. The zero-order valence-corrected chi connectivity index (χ0v) is 16.4. The number of likely N-dealkylation sites (N-methyl/N-ethyl adjacent to an activating group) is 1. The third kappa shape index (κ3) is 5.39. The molecule has 0 spiro atoms. The van der Waals surface area contributed by atoms with Gasteiger partial charge in [0.1, 0.15) is 0 Å². The lowest BCUT2D eigenvalue weighted by Crippen LogP contribution is -2.52. The van der Waals surface area contributed by atoms with Crippen molar-refractivity contribution < 1.29 is 0 Å². The average Bonchev–Trinajstić information content (AvgIpc) is 2.31. The molecule has 0 aliphatic heterocycles. The largest absolute Gasteiger partial charge is 0.356 e. The summed E-state index contributed by atoms with van der Waals surface area (Å²) in [5.74, 6) is 0.926. The van der Waals surface area contributed by atoms with Crippen LogP contribution in [0.15, 0.2) is 4.99 Å². The minimum absolute atomic E-state index is 0. The van der Waals surface area contributed by atoms with Crippen molar-refractivity contribution in [3.8, 4) is 0 Å². The standard InChI is InChI=1S/C15H32N4.HI/c1-7-15(9-8-10-15)12-18-13(16-4)17-11-14(2,3)19(5)6;/h7-12H2,1-6H3,(H2,16,17,18);1H. The molecule has 0 radical (unpaired) electrons.